The standard InChI is InChI=1S/C13H15NO2/c1-8(2)14-11-7-5-4-6-10(11)9(3)12(14)13(15)16/h4-8H,1-3H3,(H,15,16). The summed E-state index contributed by atoms with van der Waals surface area (Å²) in [6.07, 6.45) is 0. The predicted octanol–water partition coefficient (Wildman–Crippen LogP) is 3.23. The topological polar surface area (TPSA) is 42.2 Å². The number of carboxylic acids is 1. The molecule has 1 aromatic carbocycles. The van der Waals surface area contributed by atoms with Crippen molar-refractivity contribution < 1.29 is 9.90 Å². The summed E-state index contributed by atoms with van der Waals surface area (Å²) in [5.74, 6) is -0.859. The highest BCUT2D eigenvalue weighted by molar-refractivity contribution is 5.98. The van der Waals surface area contributed by atoms with Crippen molar-refractivity contribution in [3.8, 4) is 0 Å². The van der Waals surface area contributed by atoms with Crippen LogP contribution in [0.25, 0.3) is 10.9 Å². The molecule has 0 aliphatic rings. The monoisotopic (exact) mass is 217 g/mol. The summed E-state index contributed by atoms with van der Waals surface area (Å²) in [6.45, 7) is 5.86. The zero-order valence-corrected chi connectivity index (χ0v) is 9.69. The molecule has 2 rings (SSSR count). The first-order valence-electron chi connectivity index (χ1n) is 5.37. The van der Waals surface area contributed by atoms with Gasteiger partial charge in [-0.25, -0.2) is 4.79 Å². The summed E-state index contributed by atoms with van der Waals surface area (Å²) in [7, 11) is 0. The van der Waals surface area contributed by atoms with Crippen LogP contribution in [0.15, 0.2) is 24.3 Å². The molecular formula is C13H15NO2. The van der Waals surface area contributed by atoms with E-state index in [0.717, 1.165) is 16.5 Å². The van der Waals surface area contributed by atoms with E-state index < -0.39 is 5.97 Å². The van der Waals surface area contributed by atoms with Gasteiger partial charge in [0.25, 0.3) is 0 Å². The number of benzene rings is 1. The number of aryl methyl sites for hydroxylation is 1. The molecule has 0 atom stereocenters. The highest BCUT2D eigenvalue weighted by atomic mass is 16.4. The summed E-state index contributed by atoms with van der Waals surface area (Å²) in [4.78, 5) is 11.3. The molecule has 16 heavy (non-hydrogen) atoms. The summed E-state index contributed by atoms with van der Waals surface area (Å²) < 4.78 is 1.88. The van der Waals surface area contributed by atoms with Crippen molar-refractivity contribution in [3.05, 3.63) is 35.5 Å². The second-order valence-electron chi connectivity index (χ2n) is 4.26. The van der Waals surface area contributed by atoms with E-state index in [2.05, 4.69) is 0 Å². The van der Waals surface area contributed by atoms with Crippen LogP contribution in [0.3, 0.4) is 0 Å². The van der Waals surface area contributed by atoms with Crippen LogP contribution in [0.2, 0.25) is 0 Å². The molecule has 1 N–H and O–H groups in total. The number of hydrogen-bond acceptors (Lipinski definition) is 1. The van der Waals surface area contributed by atoms with E-state index in [1.54, 1.807) is 0 Å². The fourth-order valence-corrected chi connectivity index (χ4v) is 2.23. The average Bonchev–Trinajstić information content (AvgIpc) is 2.53. The Balaban J connectivity index is 2.92. The number of hydrogen-bond donors (Lipinski definition) is 1. The van der Waals surface area contributed by atoms with E-state index in [1.807, 2.05) is 49.6 Å². The number of carbonyl (C=O) groups is 1. The minimum absolute atomic E-state index is 0.143. The summed E-state index contributed by atoms with van der Waals surface area (Å²) >= 11 is 0. The Morgan fingerprint density at radius 1 is 1.31 bits per heavy atom. The van der Waals surface area contributed by atoms with E-state index in [9.17, 15) is 9.90 Å². The largest absolute Gasteiger partial charge is 0.477 e. The minimum atomic E-state index is -0.859. The Morgan fingerprint density at radius 3 is 2.50 bits per heavy atom. The van der Waals surface area contributed by atoms with Crippen LogP contribution < -0.4 is 0 Å². The Bertz CT molecular complexity index is 552. The molecule has 0 amide bonds. The van der Waals surface area contributed by atoms with Crippen molar-refractivity contribution in [3.63, 3.8) is 0 Å². The normalized spacial score (nSPS) is 11.2. The van der Waals surface area contributed by atoms with Gasteiger partial charge in [0.1, 0.15) is 5.69 Å². The van der Waals surface area contributed by atoms with Gasteiger partial charge < -0.3 is 9.67 Å². The van der Waals surface area contributed by atoms with Gasteiger partial charge in [-0.15, -0.1) is 0 Å². The molecule has 0 spiro atoms. The van der Waals surface area contributed by atoms with Crippen molar-refractivity contribution in [1.29, 1.82) is 0 Å². The lowest BCUT2D eigenvalue weighted by Crippen LogP contribution is -2.11. The van der Waals surface area contributed by atoms with Crippen molar-refractivity contribution in [1.82, 2.24) is 4.57 Å². The molecule has 0 unspecified atom stereocenters. The Labute approximate surface area is 94.3 Å². The number of carboxylic acid groups (broad SMARTS) is 1. The Hall–Kier alpha value is -1.77. The van der Waals surface area contributed by atoms with Crippen molar-refractivity contribution in [2.75, 3.05) is 0 Å². The van der Waals surface area contributed by atoms with Crippen LogP contribution in [-0.2, 0) is 0 Å². The zero-order chi connectivity index (χ0) is 11.9. The van der Waals surface area contributed by atoms with Gasteiger partial charge in [-0.05, 0) is 32.4 Å². The number of nitrogens with zero attached hydrogens (tertiary/aromatic N) is 1. The molecular weight excluding hydrogens is 202 g/mol. The maximum Gasteiger partial charge on any atom is 0.352 e. The van der Waals surface area contributed by atoms with E-state index >= 15 is 0 Å². The highest BCUT2D eigenvalue weighted by Gasteiger charge is 2.20. The lowest BCUT2D eigenvalue weighted by Gasteiger charge is -2.12. The lowest BCUT2D eigenvalue weighted by molar-refractivity contribution is 0.0683. The molecule has 1 aromatic heterocycles. The van der Waals surface area contributed by atoms with Gasteiger partial charge in [-0.2, -0.15) is 0 Å². The number of rotatable bonds is 2. The summed E-state index contributed by atoms with van der Waals surface area (Å²) in [5.41, 5.74) is 2.24. The smallest absolute Gasteiger partial charge is 0.352 e. The fourth-order valence-electron chi connectivity index (χ4n) is 2.23. The molecule has 0 saturated heterocycles. The van der Waals surface area contributed by atoms with Crippen molar-refractivity contribution in [2.45, 2.75) is 26.8 Å². The van der Waals surface area contributed by atoms with Gasteiger partial charge >= 0.3 is 5.97 Å². The quantitative estimate of drug-likeness (QED) is 0.839. The molecule has 0 aliphatic heterocycles. The van der Waals surface area contributed by atoms with Gasteiger partial charge in [0.2, 0.25) is 0 Å². The predicted molar refractivity (Wildman–Crippen MR) is 64.0 cm³/mol. The first kappa shape index (κ1) is 10.7. The molecule has 3 nitrogen and oxygen atoms in total. The van der Waals surface area contributed by atoms with Crippen molar-refractivity contribution in [2.24, 2.45) is 0 Å². The van der Waals surface area contributed by atoms with E-state index in [0.29, 0.717) is 5.69 Å². The van der Waals surface area contributed by atoms with Gasteiger partial charge in [0.05, 0.1) is 0 Å². The van der Waals surface area contributed by atoms with Gasteiger partial charge in [-0.1, -0.05) is 18.2 Å². The van der Waals surface area contributed by atoms with Crippen molar-refractivity contribution >= 4 is 16.9 Å². The lowest BCUT2D eigenvalue weighted by atomic mass is 10.1. The van der Waals surface area contributed by atoms with Gasteiger partial charge in [-0.3, -0.25) is 0 Å². The molecule has 0 saturated carbocycles. The number of aromatic carboxylic acids is 1. The average molecular weight is 217 g/mol. The maximum atomic E-state index is 11.3. The Kier molecular flexibility index (Phi) is 2.46. The molecule has 0 radical (unpaired) electrons. The van der Waals surface area contributed by atoms with Crippen LogP contribution >= 0.6 is 0 Å². The Morgan fingerprint density at radius 2 is 1.94 bits per heavy atom. The first-order chi connectivity index (χ1) is 7.54. The molecule has 3 heteroatoms. The number of aromatic nitrogens is 1. The highest BCUT2D eigenvalue weighted by Crippen LogP contribution is 2.28. The molecule has 0 bridgehead atoms. The third-order valence-corrected chi connectivity index (χ3v) is 2.88. The summed E-state index contributed by atoms with van der Waals surface area (Å²) in [5, 5.41) is 10.3. The molecule has 1 heterocycles. The first-order valence-corrected chi connectivity index (χ1v) is 5.37. The zero-order valence-electron chi connectivity index (χ0n) is 9.69. The minimum Gasteiger partial charge on any atom is -0.477 e. The van der Waals surface area contributed by atoms with Crippen LogP contribution in [0, 0.1) is 6.92 Å². The number of fused-ring (bicyclic) bond motifs is 1. The molecule has 0 aliphatic carbocycles. The maximum absolute atomic E-state index is 11.3. The summed E-state index contributed by atoms with van der Waals surface area (Å²) in [6, 6.07) is 7.95. The van der Waals surface area contributed by atoms with E-state index in [1.165, 1.54) is 0 Å². The fraction of sp³-hybridized carbons (Fsp3) is 0.308. The van der Waals surface area contributed by atoms with Gasteiger partial charge in [0, 0.05) is 16.9 Å². The van der Waals surface area contributed by atoms with Crippen LogP contribution in [0.5, 0.6) is 0 Å². The number of para-hydroxylation sites is 1. The van der Waals surface area contributed by atoms with E-state index in [-0.39, 0.29) is 6.04 Å². The van der Waals surface area contributed by atoms with Gasteiger partial charge in [0.15, 0.2) is 0 Å². The molecule has 84 valence electrons. The second kappa shape index (κ2) is 3.67. The molecule has 0 fully saturated rings. The SMILES string of the molecule is Cc1c(C(=O)O)n(C(C)C)c2ccccc12. The van der Waals surface area contributed by atoms with E-state index in [4.69, 9.17) is 0 Å². The second-order valence-corrected chi connectivity index (χ2v) is 4.26. The third-order valence-electron chi connectivity index (χ3n) is 2.88. The third kappa shape index (κ3) is 1.40. The van der Waals surface area contributed by atoms with Crippen LogP contribution in [0.1, 0.15) is 35.9 Å². The van der Waals surface area contributed by atoms with Crippen LogP contribution in [-0.4, -0.2) is 15.6 Å². The van der Waals surface area contributed by atoms with Crippen LogP contribution in [0.4, 0.5) is 0 Å². The molecule has 2 aromatic rings.